The van der Waals surface area contributed by atoms with Crippen molar-refractivity contribution in [3.05, 3.63) is 47.4 Å². The van der Waals surface area contributed by atoms with Gasteiger partial charge in [-0.1, -0.05) is 6.07 Å². The third-order valence-electron chi connectivity index (χ3n) is 6.39. The highest BCUT2D eigenvalue weighted by atomic mass is 19.4. The molecule has 0 aromatic carbocycles. The lowest BCUT2D eigenvalue weighted by molar-refractivity contribution is -0.141. The summed E-state index contributed by atoms with van der Waals surface area (Å²) in [5, 5.41) is 12.5. The van der Waals surface area contributed by atoms with E-state index in [2.05, 4.69) is 30.9 Å². The molecule has 2 saturated heterocycles. The van der Waals surface area contributed by atoms with Gasteiger partial charge in [0.2, 0.25) is 0 Å². The number of amides is 3. The predicted molar refractivity (Wildman–Crippen MR) is 128 cm³/mol. The van der Waals surface area contributed by atoms with E-state index in [1.165, 1.54) is 12.1 Å². The van der Waals surface area contributed by atoms with Crippen LogP contribution in [0.15, 0.2) is 36.2 Å². The van der Waals surface area contributed by atoms with Crippen molar-refractivity contribution in [1.29, 1.82) is 0 Å². The fourth-order valence-electron chi connectivity index (χ4n) is 4.33. The Balaban J connectivity index is 1.27. The largest absolute Gasteiger partial charge is 0.433 e. The lowest BCUT2D eigenvalue weighted by Crippen LogP contribution is -2.47. The number of anilines is 3. The van der Waals surface area contributed by atoms with E-state index < -0.39 is 23.8 Å². The summed E-state index contributed by atoms with van der Waals surface area (Å²) in [6.45, 7) is 1.98. The maximum atomic E-state index is 13.1. The van der Waals surface area contributed by atoms with Crippen LogP contribution in [-0.4, -0.2) is 63.7 Å². The minimum absolute atomic E-state index is 0.103. The minimum Gasteiger partial charge on any atom is -0.367 e. The van der Waals surface area contributed by atoms with Crippen molar-refractivity contribution >= 4 is 41.1 Å². The van der Waals surface area contributed by atoms with Gasteiger partial charge in [0.25, 0.3) is 5.91 Å². The number of rotatable bonds is 5. The van der Waals surface area contributed by atoms with Crippen molar-refractivity contribution in [3.8, 4) is 0 Å². The highest BCUT2D eigenvalue weighted by molar-refractivity contribution is 6.14. The number of carbonyl (C=O) groups excluding carboxylic acids is 2. The van der Waals surface area contributed by atoms with E-state index in [9.17, 15) is 22.8 Å². The molecule has 0 spiro atoms. The van der Waals surface area contributed by atoms with Gasteiger partial charge >= 0.3 is 12.2 Å². The van der Waals surface area contributed by atoms with E-state index in [0.717, 1.165) is 24.7 Å². The zero-order chi connectivity index (χ0) is 25.7. The maximum absolute atomic E-state index is 13.1. The Morgan fingerprint density at radius 1 is 1.00 bits per heavy atom. The first-order chi connectivity index (χ1) is 17.7. The Bertz CT molecular complexity index is 1420. The number of hydrogen-bond donors (Lipinski definition) is 3. The molecule has 0 unspecified atom stereocenters. The van der Waals surface area contributed by atoms with Gasteiger partial charge < -0.3 is 20.4 Å². The molecule has 0 atom stereocenters. The van der Waals surface area contributed by atoms with Crippen LogP contribution in [0.5, 0.6) is 0 Å². The molecule has 1 saturated carbocycles. The van der Waals surface area contributed by atoms with Crippen LogP contribution in [0.3, 0.4) is 0 Å². The van der Waals surface area contributed by atoms with E-state index in [1.807, 2.05) is 11.0 Å². The lowest BCUT2D eigenvalue weighted by atomic mass is 10.2. The van der Waals surface area contributed by atoms with Gasteiger partial charge in [-0.3, -0.25) is 10.1 Å². The Kier molecular flexibility index (Phi) is 5.38. The summed E-state index contributed by atoms with van der Waals surface area (Å²) in [6, 6.07) is 5.56. The summed E-state index contributed by atoms with van der Waals surface area (Å²) in [7, 11) is 0. The number of halogens is 3. The summed E-state index contributed by atoms with van der Waals surface area (Å²) in [6.07, 6.45) is 0.699. The van der Waals surface area contributed by atoms with Crippen molar-refractivity contribution in [3.63, 3.8) is 0 Å². The van der Waals surface area contributed by atoms with Crippen LogP contribution in [0.25, 0.3) is 11.7 Å². The Hall–Kier alpha value is -4.36. The molecule has 11 nitrogen and oxygen atoms in total. The first-order valence-electron chi connectivity index (χ1n) is 11.8. The average Bonchev–Trinajstić information content (AvgIpc) is 3.51. The van der Waals surface area contributed by atoms with Crippen LogP contribution in [0.2, 0.25) is 0 Å². The molecule has 192 valence electrons. The Labute approximate surface area is 208 Å². The van der Waals surface area contributed by atoms with Gasteiger partial charge in [0.15, 0.2) is 5.65 Å². The molecule has 0 radical (unpaired) electrons. The summed E-state index contributed by atoms with van der Waals surface area (Å²) < 4.78 is 40.9. The van der Waals surface area contributed by atoms with Crippen LogP contribution < -0.4 is 25.8 Å². The third kappa shape index (κ3) is 4.61. The van der Waals surface area contributed by atoms with E-state index in [4.69, 9.17) is 4.98 Å². The van der Waals surface area contributed by atoms with Gasteiger partial charge in [0.1, 0.15) is 28.8 Å². The van der Waals surface area contributed by atoms with E-state index in [0.29, 0.717) is 49.2 Å². The Morgan fingerprint density at radius 3 is 2.38 bits per heavy atom. The van der Waals surface area contributed by atoms with Crippen molar-refractivity contribution in [1.82, 2.24) is 30.2 Å². The molecule has 14 heteroatoms. The van der Waals surface area contributed by atoms with Crippen molar-refractivity contribution in [2.45, 2.75) is 25.1 Å². The number of hydrogen-bond acceptors (Lipinski definition) is 8. The molecule has 3 fully saturated rings. The first-order valence-corrected chi connectivity index (χ1v) is 11.8. The predicted octanol–water partition coefficient (Wildman–Crippen LogP) is 2.22. The highest BCUT2D eigenvalue weighted by Crippen LogP contribution is 2.31. The molecular formula is C23H22F3N9O2. The second-order valence-electron chi connectivity index (χ2n) is 9.07. The van der Waals surface area contributed by atoms with Crippen LogP contribution in [-0.2, 0) is 11.0 Å². The van der Waals surface area contributed by atoms with Gasteiger partial charge in [-0.15, -0.1) is 0 Å². The normalized spacial score (nSPS) is 19.5. The molecule has 3 aliphatic rings. The second-order valence-corrected chi connectivity index (χ2v) is 9.07. The number of piperazine rings is 1. The SMILES string of the molecule is O=C1NC(=O)/C(=C/c2cnn3c(NC4CC4)cc(N4CCN(c5cccc(C(F)(F)F)n5)CC4)nc23)N1. The summed E-state index contributed by atoms with van der Waals surface area (Å²) in [4.78, 5) is 36.0. The topological polar surface area (TPSA) is 120 Å². The molecule has 3 aromatic heterocycles. The average molecular weight is 513 g/mol. The van der Waals surface area contributed by atoms with Gasteiger partial charge in [0, 0.05) is 43.9 Å². The zero-order valence-electron chi connectivity index (χ0n) is 19.4. The smallest absolute Gasteiger partial charge is 0.367 e. The quantitative estimate of drug-likeness (QED) is 0.351. The molecule has 3 N–H and O–H groups in total. The van der Waals surface area contributed by atoms with Crippen LogP contribution >= 0.6 is 0 Å². The molecule has 37 heavy (non-hydrogen) atoms. The second kappa shape index (κ2) is 8.64. The van der Waals surface area contributed by atoms with Crippen molar-refractivity contribution in [2.24, 2.45) is 0 Å². The van der Waals surface area contributed by atoms with Gasteiger partial charge in [-0.2, -0.15) is 22.8 Å². The number of nitrogens with zero attached hydrogens (tertiary/aromatic N) is 6. The molecule has 6 rings (SSSR count). The fraction of sp³-hybridized carbons (Fsp3) is 0.348. The maximum Gasteiger partial charge on any atom is 0.433 e. The summed E-state index contributed by atoms with van der Waals surface area (Å²) in [5.41, 5.74) is 0.250. The third-order valence-corrected chi connectivity index (χ3v) is 6.39. The number of alkyl halides is 3. The number of pyridine rings is 1. The van der Waals surface area contributed by atoms with Gasteiger partial charge in [-0.25, -0.2) is 14.8 Å². The number of fused-ring (bicyclic) bond motifs is 1. The fourth-order valence-corrected chi connectivity index (χ4v) is 4.33. The Morgan fingerprint density at radius 2 is 1.73 bits per heavy atom. The molecule has 3 aromatic rings. The van der Waals surface area contributed by atoms with E-state index in [1.54, 1.807) is 16.8 Å². The number of nitrogens with one attached hydrogen (secondary N) is 3. The van der Waals surface area contributed by atoms with Crippen molar-refractivity contribution in [2.75, 3.05) is 41.3 Å². The molecule has 0 bridgehead atoms. The van der Waals surface area contributed by atoms with E-state index >= 15 is 0 Å². The first kappa shape index (κ1) is 23.1. The summed E-state index contributed by atoms with van der Waals surface area (Å²) >= 11 is 0. The van der Waals surface area contributed by atoms with E-state index in [-0.39, 0.29) is 11.5 Å². The standard InChI is InChI=1S/C23H22F3N9O2/c24-23(25,26)16-2-1-3-17(30-16)33-6-8-34(9-7-33)18-11-19(28-14-4-5-14)35-20(31-18)13(12-27-35)10-15-21(36)32-22(37)29-15/h1-3,10-12,14,28H,4-9H2,(H2,29,32,36,37)/b15-10-. The van der Waals surface area contributed by atoms with Crippen LogP contribution in [0.4, 0.5) is 35.4 Å². The number of carbonyl (C=O) groups is 2. The highest BCUT2D eigenvalue weighted by Gasteiger charge is 2.33. The van der Waals surface area contributed by atoms with Crippen molar-refractivity contribution < 1.29 is 22.8 Å². The van der Waals surface area contributed by atoms with Gasteiger partial charge in [0.05, 0.1) is 6.20 Å². The lowest BCUT2D eigenvalue weighted by Gasteiger charge is -2.36. The van der Waals surface area contributed by atoms with Crippen LogP contribution in [0, 0.1) is 0 Å². The molecule has 3 amide bonds. The molecule has 2 aliphatic heterocycles. The van der Waals surface area contributed by atoms with Gasteiger partial charge in [-0.05, 0) is 31.1 Å². The van der Waals surface area contributed by atoms with Crippen LogP contribution in [0.1, 0.15) is 24.1 Å². The number of urea groups is 1. The zero-order valence-corrected chi connectivity index (χ0v) is 19.4. The molecular weight excluding hydrogens is 491 g/mol. The summed E-state index contributed by atoms with van der Waals surface area (Å²) in [5.74, 6) is 1.17. The monoisotopic (exact) mass is 513 g/mol. The number of imide groups is 1. The number of aromatic nitrogens is 4. The molecule has 1 aliphatic carbocycles. The minimum atomic E-state index is -4.50. The molecule has 5 heterocycles.